The second-order valence-corrected chi connectivity index (χ2v) is 4.97. The quantitative estimate of drug-likeness (QED) is 0.803. The van der Waals surface area contributed by atoms with Crippen molar-refractivity contribution < 1.29 is 14.7 Å². The molecule has 0 saturated carbocycles. The zero-order chi connectivity index (χ0) is 13.2. The van der Waals surface area contributed by atoms with Crippen molar-refractivity contribution in [2.24, 2.45) is 0 Å². The Morgan fingerprint density at radius 3 is 2.35 bits per heavy atom. The molecule has 0 aliphatic carbocycles. The molecule has 0 aromatic heterocycles. The van der Waals surface area contributed by atoms with E-state index in [0.29, 0.717) is 0 Å². The molecule has 1 aromatic carbocycles. The predicted molar refractivity (Wildman–Crippen MR) is 65.9 cm³/mol. The average molecular weight is 237 g/mol. The monoisotopic (exact) mass is 237 g/mol. The Morgan fingerprint density at radius 1 is 1.35 bits per heavy atom. The van der Waals surface area contributed by atoms with Crippen LogP contribution in [0.3, 0.4) is 0 Å². The zero-order valence-electron chi connectivity index (χ0n) is 10.9. The van der Waals surface area contributed by atoms with Gasteiger partial charge in [-0.15, -0.1) is 0 Å². The molecule has 1 amide bonds. The summed E-state index contributed by atoms with van der Waals surface area (Å²) in [6, 6.07) is 5.08. The molecule has 0 bridgehead atoms. The third-order valence-electron chi connectivity index (χ3n) is 2.65. The summed E-state index contributed by atoms with van der Waals surface area (Å²) < 4.78 is 0. The molecule has 1 N–H and O–H groups in total. The Hall–Kier alpha value is -1.55. The van der Waals surface area contributed by atoms with E-state index >= 15 is 0 Å². The summed E-state index contributed by atoms with van der Waals surface area (Å²) >= 11 is 0. The molecule has 0 fully saturated rings. The largest absolute Gasteiger partial charge is 0.507 e. The highest BCUT2D eigenvalue weighted by molar-refractivity contribution is 5.96. The first kappa shape index (κ1) is 13.5. The first-order valence-electron chi connectivity index (χ1n) is 5.43. The minimum Gasteiger partial charge on any atom is -0.507 e. The minimum atomic E-state index is -0.370. The van der Waals surface area contributed by atoms with Gasteiger partial charge in [0.1, 0.15) is 5.75 Å². The summed E-state index contributed by atoms with van der Waals surface area (Å²) in [4.78, 5) is 16.6. The van der Waals surface area contributed by atoms with Gasteiger partial charge in [-0.1, -0.05) is 26.8 Å². The first-order valence-corrected chi connectivity index (χ1v) is 5.43. The second-order valence-electron chi connectivity index (χ2n) is 4.97. The summed E-state index contributed by atoms with van der Waals surface area (Å²) in [5.74, 6) is -0.392. The molecule has 0 atom stereocenters. The molecular formula is C13H19NO3. The number of carbonyl (C=O) groups is 1. The Bertz CT molecular complexity index is 421. The highest BCUT2D eigenvalue weighted by Gasteiger charge is 2.19. The third kappa shape index (κ3) is 2.97. The van der Waals surface area contributed by atoms with E-state index in [9.17, 15) is 9.90 Å². The van der Waals surface area contributed by atoms with E-state index in [1.807, 2.05) is 26.8 Å². The number of rotatable bonds is 2. The zero-order valence-corrected chi connectivity index (χ0v) is 10.9. The molecule has 0 unspecified atom stereocenters. The van der Waals surface area contributed by atoms with Gasteiger partial charge in [-0.05, 0) is 23.1 Å². The van der Waals surface area contributed by atoms with Gasteiger partial charge in [-0.2, -0.15) is 0 Å². The number of nitrogens with zero attached hydrogens (tertiary/aromatic N) is 1. The summed E-state index contributed by atoms with van der Waals surface area (Å²) in [6.45, 7) is 6.14. The van der Waals surface area contributed by atoms with Gasteiger partial charge in [-0.25, -0.2) is 5.06 Å². The number of phenols is 1. The van der Waals surface area contributed by atoms with E-state index in [4.69, 9.17) is 4.84 Å². The van der Waals surface area contributed by atoms with E-state index in [2.05, 4.69) is 0 Å². The number of hydrogen-bond donors (Lipinski definition) is 1. The lowest BCUT2D eigenvalue weighted by molar-refractivity contribution is -0.0758. The maximum Gasteiger partial charge on any atom is 0.280 e. The van der Waals surface area contributed by atoms with Crippen molar-refractivity contribution in [1.82, 2.24) is 5.06 Å². The van der Waals surface area contributed by atoms with E-state index in [-0.39, 0.29) is 22.6 Å². The van der Waals surface area contributed by atoms with Crippen LogP contribution in [0.1, 0.15) is 36.7 Å². The standard InChI is InChI=1S/C13H19NO3/c1-13(2,3)9-6-7-10(11(15)8-9)12(16)14(4)17-5/h6-8,15H,1-5H3. The number of amides is 1. The molecule has 0 aliphatic rings. The number of benzene rings is 1. The van der Waals surface area contributed by atoms with Crippen molar-refractivity contribution in [2.45, 2.75) is 26.2 Å². The maximum atomic E-state index is 11.8. The summed E-state index contributed by atoms with van der Waals surface area (Å²) in [7, 11) is 2.90. The Kier molecular flexibility index (Phi) is 3.78. The van der Waals surface area contributed by atoms with Gasteiger partial charge in [0.25, 0.3) is 5.91 Å². The lowest BCUT2D eigenvalue weighted by Crippen LogP contribution is -2.25. The van der Waals surface area contributed by atoms with Crippen LogP contribution in [0.4, 0.5) is 0 Å². The van der Waals surface area contributed by atoms with Crippen molar-refractivity contribution >= 4 is 5.91 Å². The third-order valence-corrected chi connectivity index (χ3v) is 2.65. The summed E-state index contributed by atoms with van der Waals surface area (Å²) in [6.07, 6.45) is 0. The van der Waals surface area contributed by atoms with Gasteiger partial charge in [0.2, 0.25) is 0 Å². The fourth-order valence-corrected chi connectivity index (χ4v) is 1.43. The molecule has 17 heavy (non-hydrogen) atoms. The Balaban J connectivity index is 3.11. The second kappa shape index (κ2) is 4.75. The SMILES string of the molecule is CON(C)C(=O)c1ccc(C(C)(C)C)cc1O. The van der Waals surface area contributed by atoms with Crippen LogP contribution in [0.5, 0.6) is 5.75 Å². The minimum absolute atomic E-state index is 0.0219. The van der Waals surface area contributed by atoms with Crippen LogP contribution >= 0.6 is 0 Å². The molecule has 4 heteroatoms. The molecule has 0 spiro atoms. The smallest absolute Gasteiger partial charge is 0.280 e. The van der Waals surface area contributed by atoms with Crippen LogP contribution in [0.2, 0.25) is 0 Å². The number of hydrogen-bond acceptors (Lipinski definition) is 3. The lowest BCUT2D eigenvalue weighted by Gasteiger charge is -2.20. The molecule has 1 rings (SSSR count). The van der Waals surface area contributed by atoms with E-state index in [1.54, 1.807) is 12.1 Å². The topological polar surface area (TPSA) is 49.8 Å². The lowest BCUT2D eigenvalue weighted by atomic mass is 9.86. The van der Waals surface area contributed by atoms with Crippen molar-refractivity contribution in [2.75, 3.05) is 14.2 Å². The number of aromatic hydroxyl groups is 1. The number of hydroxylamine groups is 2. The van der Waals surface area contributed by atoms with Gasteiger partial charge in [0.15, 0.2) is 0 Å². The van der Waals surface area contributed by atoms with E-state index in [1.165, 1.54) is 14.2 Å². The average Bonchev–Trinajstić information content (AvgIpc) is 2.25. The molecule has 0 saturated heterocycles. The first-order chi connectivity index (χ1) is 7.77. The van der Waals surface area contributed by atoms with Crippen LogP contribution in [-0.4, -0.2) is 30.2 Å². The highest BCUT2D eigenvalue weighted by atomic mass is 16.7. The number of carbonyl (C=O) groups excluding carboxylic acids is 1. The van der Waals surface area contributed by atoms with Gasteiger partial charge in [0.05, 0.1) is 12.7 Å². The van der Waals surface area contributed by atoms with Crippen molar-refractivity contribution in [3.8, 4) is 5.75 Å². The van der Waals surface area contributed by atoms with Crippen LogP contribution in [-0.2, 0) is 10.3 Å². The summed E-state index contributed by atoms with van der Waals surface area (Å²) in [5, 5.41) is 10.9. The van der Waals surface area contributed by atoms with Crippen LogP contribution < -0.4 is 0 Å². The van der Waals surface area contributed by atoms with Gasteiger partial charge in [0, 0.05) is 7.05 Å². The molecule has 94 valence electrons. The van der Waals surface area contributed by atoms with Crippen molar-refractivity contribution in [3.05, 3.63) is 29.3 Å². The molecule has 0 heterocycles. The Labute approximate surface area is 102 Å². The summed E-state index contributed by atoms with van der Waals surface area (Å²) in [5.41, 5.74) is 1.15. The fourth-order valence-electron chi connectivity index (χ4n) is 1.43. The molecule has 1 aromatic rings. The normalized spacial score (nSPS) is 11.4. The predicted octanol–water partition coefficient (Wildman–Crippen LogP) is 2.32. The molecule has 4 nitrogen and oxygen atoms in total. The van der Waals surface area contributed by atoms with Gasteiger partial charge >= 0.3 is 0 Å². The van der Waals surface area contributed by atoms with Crippen molar-refractivity contribution in [3.63, 3.8) is 0 Å². The molecule has 0 aliphatic heterocycles. The van der Waals surface area contributed by atoms with Crippen molar-refractivity contribution in [1.29, 1.82) is 0 Å². The fraction of sp³-hybridized carbons (Fsp3) is 0.462. The molecule has 0 radical (unpaired) electrons. The van der Waals surface area contributed by atoms with Gasteiger partial charge in [-0.3, -0.25) is 9.63 Å². The van der Waals surface area contributed by atoms with E-state index in [0.717, 1.165) is 10.6 Å². The van der Waals surface area contributed by atoms with Gasteiger partial charge < -0.3 is 5.11 Å². The van der Waals surface area contributed by atoms with Crippen LogP contribution in [0, 0.1) is 0 Å². The van der Waals surface area contributed by atoms with E-state index < -0.39 is 0 Å². The van der Waals surface area contributed by atoms with Crippen LogP contribution in [0.15, 0.2) is 18.2 Å². The number of phenolic OH excluding ortho intramolecular Hbond substituents is 1. The molecular weight excluding hydrogens is 218 g/mol. The Morgan fingerprint density at radius 2 is 1.94 bits per heavy atom. The highest BCUT2D eigenvalue weighted by Crippen LogP contribution is 2.28. The maximum absolute atomic E-state index is 11.8. The van der Waals surface area contributed by atoms with Crippen LogP contribution in [0.25, 0.3) is 0 Å².